The van der Waals surface area contributed by atoms with E-state index in [0.29, 0.717) is 24.3 Å². The smallest absolute Gasteiger partial charge is 0.407 e. The molecule has 5 heteroatoms. The molecule has 5 nitrogen and oxygen atoms in total. The summed E-state index contributed by atoms with van der Waals surface area (Å²) < 4.78 is 16.4. The zero-order chi connectivity index (χ0) is 17.1. The lowest BCUT2D eigenvalue weighted by atomic mass is 9.75. The molecule has 1 N–H and O–H groups in total. The molecule has 1 saturated carbocycles. The van der Waals surface area contributed by atoms with Gasteiger partial charge in [0.25, 0.3) is 0 Å². The second kappa shape index (κ2) is 7.32. The van der Waals surface area contributed by atoms with Crippen LogP contribution in [-0.2, 0) is 11.3 Å². The minimum absolute atomic E-state index is 0.0190. The first kappa shape index (κ1) is 16.9. The van der Waals surface area contributed by atoms with Crippen molar-refractivity contribution >= 4 is 6.09 Å². The van der Waals surface area contributed by atoms with Crippen LogP contribution in [0.15, 0.2) is 18.2 Å². The van der Waals surface area contributed by atoms with E-state index in [0.717, 1.165) is 29.9 Å². The van der Waals surface area contributed by atoms with Gasteiger partial charge in [0, 0.05) is 6.54 Å². The summed E-state index contributed by atoms with van der Waals surface area (Å²) in [6.07, 6.45) is 3.00. The number of hydrogen-bond donors (Lipinski definition) is 1. The number of fused-ring (bicyclic) bond motifs is 1. The van der Waals surface area contributed by atoms with Crippen LogP contribution in [0.2, 0.25) is 0 Å². The van der Waals surface area contributed by atoms with Crippen molar-refractivity contribution in [1.82, 2.24) is 5.32 Å². The number of carbonyl (C=O) groups excluding carboxylic acids is 1. The third-order valence-electron chi connectivity index (χ3n) is 5.09. The molecule has 3 atom stereocenters. The van der Waals surface area contributed by atoms with E-state index < -0.39 is 0 Å². The Morgan fingerprint density at radius 1 is 1.29 bits per heavy atom. The van der Waals surface area contributed by atoms with Crippen molar-refractivity contribution in [2.24, 2.45) is 17.8 Å². The van der Waals surface area contributed by atoms with Gasteiger partial charge in [0.15, 0.2) is 11.5 Å². The largest absolute Gasteiger partial charge is 0.454 e. The van der Waals surface area contributed by atoms with E-state index in [2.05, 4.69) is 26.1 Å². The Balaban J connectivity index is 1.53. The Hall–Kier alpha value is -1.91. The Kier molecular flexibility index (Phi) is 5.17. The first-order valence-corrected chi connectivity index (χ1v) is 8.86. The van der Waals surface area contributed by atoms with Gasteiger partial charge in [-0.15, -0.1) is 0 Å². The van der Waals surface area contributed by atoms with E-state index in [4.69, 9.17) is 14.2 Å². The van der Waals surface area contributed by atoms with E-state index in [1.807, 2.05) is 18.2 Å². The van der Waals surface area contributed by atoms with E-state index in [-0.39, 0.29) is 19.0 Å². The SMILES string of the molecule is CC(C)[C@@H]1CC[C@@H](C)C[C@H]1OC(=O)NCc1ccc2c(c1)OCO2. The third-order valence-corrected chi connectivity index (χ3v) is 5.09. The summed E-state index contributed by atoms with van der Waals surface area (Å²) in [5.41, 5.74) is 0.966. The lowest BCUT2D eigenvalue weighted by molar-refractivity contribution is 0.00601. The highest BCUT2D eigenvalue weighted by Crippen LogP contribution is 2.35. The zero-order valence-corrected chi connectivity index (χ0v) is 14.7. The van der Waals surface area contributed by atoms with Gasteiger partial charge in [-0.3, -0.25) is 0 Å². The molecule has 24 heavy (non-hydrogen) atoms. The molecule has 0 saturated heterocycles. The van der Waals surface area contributed by atoms with Crippen LogP contribution < -0.4 is 14.8 Å². The molecular weight excluding hydrogens is 306 g/mol. The second-order valence-corrected chi connectivity index (χ2v) is 7.31. The Morgan fingerprint density at radius 3 is 2.88 bits per heavy atom. The summed E-state index contributed by atoms with van der Waals surface area (Å²) in [7, 11) is 0. The monoisotopic (exact) mass is 333 g/mol. The molecule has 1 aromatic carbocycles. The minimum atomic E-state index is -0.336. The molecule has 0 radical (unpaired) electrons. The fourth-order valence-corrected chi connectivity index (χ4v) is 3.65. The van der Waals surface area contributed by atoms with Crippen LogP contribution >= 0.6 is 0 Å². The van der Waals surface area contributed by atoms with E-state index >= 15 is 0 Å². The molecule has 1 aliphatic heterocycles. The zero-order valence-electron chi connectivity index (χ0n) is 14.7. The molecule has 0 bridgehead atoms. The highest BCUT2D eigenvalue weighted by atomic mass is 16.7. The van der Waals surface area contributed by atoms with E-state index in [1.54, 1.807) is 0 Å². The quantitative estimate of drug-likeness (QED) is 0.901. The average molecular weight is 333 g/mol. The van der Waals surface area contributed by atoms with Gasteiger partial charge in [0.2, 0.25) is 6.79 Å². The van der Waals surface area contributed by atoms with Gasteiger partial charge in [-0.25, -0.2) is 4.79 Å². The summed E-state index contributed by atoms with van der Waals surface area (Å²) in [5, 5.41) is 2.85. The first-order valence-electron chi connectivity index (χ1n) is 8.86. The molecule has 0 aromatic heterocycles. The van der Waals surface area contributed by atoms with Crippen LogP contribution in [0, 0.1) is 17.8 Å². The fraction of sp³-hybridized carbons (Fsp3) is 0.632. The normalized spacial score (nSPS) is 25.6. The van der Waals surface area contributed by atoms with Crippen molar-refractivity contribution < 1.29 is 19.0 Å². The standard InChI is InChI=1S/C19H27NO4/c1-12(2)15-6-4-13(3)8-17(15)24-19(21)20-10-14-5-7-16-18(9-14)23-11-22-16/h5,7,9,12-13,15,17H,4,6,8,10-11H2,1-3H3,(H,20,21)/t13-,15+,17-/m1/s1. The summed E-state index contributed by atoms with van der Waals surface area (Å²) in [4.78, 5) is 12.2. The predicted molar refractivity (Wildman–Crippen MR) is 91.0 cm³/mol. The first-order chi connectivity index (χ1) is 11.5. The van der Waals surface area contributed by atoms with Crippen LogP contribution in [0.3, 0.4) is 0 Å². The predicted octanol–water partition coefficient (Wildman–Crippen LogP) is 4.10. The number of benzene rings is 1. The van der Waals surface area contributed by atoms with E-state index in [1.165, 1.54) is 6.42 Å². The van der Waals surface area contributed by atoms with Crippen molar-refractivity contribution in [2.75, 3.05) is 6.79 Å². The molecule has 0 unspecified atom stereocenters. The summed E-state index contributed by atoms with van der Waals surface area (Å²) in [6, 6.07) is 5.68. The van der Waals surface area contributed by atoms with Gasteiger partial charge in [-0.05, 0) is 48.3 Å². The summed E-state index contributed by atoms with van der Waals surface area (Å²) >= 11 is 0. The van der Waals surface area contributed by atoms with Gasteiger partial charge in [-0.1, -0.05) is 33.3 Å². The van der Waals surface area contributed by atoms with Crippen molar-refractivity contribution in [3.05, 3.63) is 23.8 Å². The number of amides is 1. The van der Waals surface area contributed by atoms with Crippen molar-refractivity contribution in [3.8, 4) is 11.5 Å². The van der Waals surface area contributed by atoms with Gasteiger partial charge < -0.3 is 19.5 Å². The lowest BCUT2D eigenvalue weighted by Crippen LogP contribution is -2.38. The van der Waals surface area contributed by atoms with Gasteiger partial charge in [-0.2, -0.15) is 0 Å². The van der Waals surface area contributed by atoms with Gasteiger partial charge in [0.05, 0.1) is 0 Å². The number of rotatable bonds is 4. The number of nitrogens with one attached hydrogen (secondary N) is 1. The number of alkyl carbamates (subject to hydrolysis) is 1. The number of ether oxygens (including phenoxy) is 3. The lowest BCUT2D eigenvalue weighted by Gasteiger charge is -2.36. The van der Waals surface area contributed by atoms with Crippen LogP contribution in [0.25, 0.3) is 0 Å². The molecule has 3 rings (SSSR count). The summed E-state index contributed by atoms with van der Waals surface area (Å²) in [6.45, 7) is 7.33. The molecule has 1 heterocycles. The number of hydrogen-bond acceptors (Lipinski definition) is 4. The molecule has 1 fully saturated rings. The molecule has 1 aliphatic carbocycles. The molecular formula is C19H27NO4. The van der Waals surface area contributed by atoms with Crippen LogP contribution in [0.1, 0.15) is 45.6 Å². The second-order valence-electron chi connectivity index (χ2n) is 7.31. The fourth-order valence-electron chi connectivity index (χ4n) is 3.65. The van der Waals surface area contributed by atoms with Crippen LogP contribution in [0.4, 0.5) is 4.79 Å². The molecule has 132 valence electrons. The topological polar surface area (TPSA) is 56.8 Å². The highest BCUT2D eigenvalue weighted by molar-refractivity contribution is 5.67. The number of carbonyl (C=O) groups is 1. The van der Waals surface area contributed by atoms with Crippen LogP contribution in [-0.4, -0.2) is 19.0 Å². The highest BCUT2D eigenvalue weighted by Gasteiger charge is 2.33. The van der Waals surface area contributed by atoms with Crippen molar-refractivity contribution in [2.45, 2.75) is 52.7 Å². The Bertz CT molecular complexity index is 587. The third kappa shape index (κ3) is 3.94. The van der Waals surface area contributed by atoms with Gasteiger partial charge >= 0.3 is 6.09 Å². The molecule has 1 aromatic rings. The molecule has 0 spiro atoms. The Labute approximate surface area is 143 Å². The van der Waals surface area contributed by atoms with Crippen molar-refractivity contribution in [1.29, 1.82) is 0 Å². The van der Waals surface area contributed by atoms with Gasteiger partial charge in [0.1, 0.15) is 6.10 Å². The minimum Gasteiger partial charge on any atom is -0.454 e. The maximum atomic E-state index is 12.2. The Morgan fingerprint density at radius 2 is 2.08 bits per heavy atom. The maximum absolute atomic E-state index is 12.2. The van der Waals surface area contributed by atoms with E-state index in [9.17, 15) is 4.79 Å². The maximum Gasteiger partial charge on any atom is 0.407 e. The van der Waals surface area contributed by atoms with Crippen molar-refractivity contribution in [3.63, 3.8) is 0 Å². The average Bonchev–Trinajstić information content (AvgIpc) is 3.00. The molecule has 1 amide bonds. The molecule has 2 aliphatic rings. The summed E-state index contributed by atoms with van der Waals surface area (Å²) in [5.74, 6) is 3.08. The van der Waals surface area contributed by atoms with Crippen LogP contribution in [0.5, 0.6) is 11.5 Å².